The zero-order valence-electron chi connectivity index (χ0n) is 6.99. The molecule has 3 nitrogen and oxygen atoms in total. The fourth-order valence-electron chi connectivity index (χ4n) is 2.42. The van der Waals surface area contributed by atoms with Crippen LogP contribution in [-0.2, 0) is 0 Å². The topological polar surface area (TPSA) is 52.5 Å². The minimum absolute atomic E-state index is 0. The van der Waals surface area contributed by atoms with Crippen molar-refractivity contribution in [1.29, 1.82) is 0 Å². The Kier molecular flexibility index (Phi) is 2.99. The summed E-state index contributed by atoms with van der Waals surface area (Å²) in [6, 6.07) is 0. The Hall–Kier alpha value is 0.170. The molecule has 3 unspecified atom stereocenters. The normalized spacial score (nSPS) is 45.5. The van der Waals surface area contributed by atoms with E-state index in [9.17, 15) is 5.11 Å². The van der Waals surface area contributed by atoms with Gasteiger partial charge in [-0.1, -0.05) is 0 Å². The van der Waals surface area contributed by atoms with Crippen LogP contribution < -0.4 is 5.32 Å². The minimum Gasteiger partial charge on any atom is -0.396 e. The van der Waals surface area contributed by atoms with Gasteiger partial charge < -0.3 is 15.5 Å². The van der Waals surface area contributed by atoms with Gasteiger partial charge >= 0.3 is 0 Å². The molecule has 2 aliphatic rings. The van der Waals surface area contributed by atoms with Gasteiger partial charge in [0, 0.05) is 18.5 Å². The van der Waals surface area contributed by atoms with Crippen molar-refractivity contribution in [1.82, 2.24) is 5.32 Å². The lowest BCUT2D eigenvalue weighted by molar-refractivity contribution is -0.0303. The van der Waals surface area contributed by atoms with Gasteiger partial charge in [-0.15, -0.1) is 12.4 Å². The average Bonchev–Trinajstić information content (AvgIpc) is 2.25. The van der Waals surface area contributed by atoms with E-state index < -0.39 is 0 Å². The molecule has 4 heteroatoms. The second-order valence-electron chi connectivity index (χ2n) is 3.89. The van der Waals surface area contributed by atoms with Crippen molar-refractivity contribution in [3.05, 3.63) is 0 Å². The van der Waals surface area contributed by atoms with Crippen LogP contribution in [0.5, 0.6) is 0 Å². The molecule has 3 N–H and O–H groups in total. The first-order valence-electron chi connectivity index (χ1n) is 4.28. The zero-order chi connectivity index (χ0) is 7.90. The lowest BCUT2D eigenvalue weighted by Crippen LogP contribution is -2.51. The van der Waals surface area contributed by atoms with Crippen LogP contribution in [0.3, 0.4) is 0 Å². The summed E-state index contributed by atoms with van der Waals surface area (Å²) >= 11 is 0. The molecule has 2 rings (SSSR count). The zero-order valence-corrected chi connectivity index (χ0v) is 7.81. The van der Waals surface area contributed by atoms with E-state index in [0.717, 1.165) is 25.9 Å². The lowest BCUT2D eigenvalue weighted by Gasteiger charge is -2.36. The molecule has 1 saturated carbocycles. The number of hydrogen-bond donors (Lipinski definition) is 3. The highest BCUT2D eigenvalue weighted by Crippen LogP contribution is 2.43. The van der Waals surface area contributed by atoms with Gasteiger partial charge in [0.1, 0.15) is 0 Å². The van der Waals surface area contributed by atoms with Crippen molar-refractivity contribution in [3.8, 4) is 0 Å². The molecule has 3 atom stereocenters. The molecule has 12 heavy (non-hydrogen) atoms. The maximum absolute atomic E-state index is 9.76. The molecule has 0 aromatic heterocycles. The monoisotopic (exact) mass is 193 g/mol. The minimum atomic E-state index is -0.270. The lowest BCUT2D eigenvalue weighted by atomic mass is 9.81. The van der Waals surface area contributed by atoms with Crippen LogP contribution in [-0.4, -0.2) is 36.0 Å². The predicted molar refractivity (Wildman–Crippen MR) is 48.4 cm³/mol. The summed E-state index contributed by atoms with van der Waals surface area (Å²) in [5.74, 6) is 0.385. The van der Waals surface area contributed by atoms with Gasteiger partial charge in [-0.05, 0) is 18.8 Å². The molecular formula is C8H16ClNO2. The number of halogens is 1. The molecule has 0 aromatic carbocycles. The van der Waals surface area contributed by atoms with Crippen LogP contribution >= 0.6 is 12.4 Å². The molecule has 2 fully saturated rings. The molecule has 0 radical (unpaired) electrons. The van der Waals surface area contributed by atoms with Crippen LogP contribution in [0.1, 0.15) is 12.8 Å². The van der Waals surface area contributed by atoms with Gasteiger partial charge in [0.05, 0.1) is 12.7 Å². The number of aliphatic hydroxyl groups excluding tert-OH is 2. The van der Waals surface area contributed by atoms with E-state index in [1.54, 1.807) is 0 Å². The van der Waals surface area contributed by atoms with Crippen LogP contribution in [0.25, 0.3) is 0 Å². The van der Waals surface area contributed by atoms with E-state index in [-0.39, 0.29) is 30.5 Å². The summed E-state index contributed by atoms with van der Waals surface area (Å²) < 4.78 is 0. The smallest absolute Gasteiger partial charge is 0.0670 e. The van der Waals surface area contributed by atoms with E-state index in [0.29, 0.717) is 5.92 Å². The van der Waals surface area contributed by atoms with Gasteiger partial charge in [0.25, 0.3) is 0 Å². The first-order valence-corrected chi connectivity index (χ1v) is 4.28. The number of nitrogens with one attached hydrogen (secondary N) is 1. The van der Waals surface area contributed by atoms with E-state index in [2.05, 4.69) is 5.32 Å². The molecule has 1 aliphatic heterocycles. The average molecular weight is 194 g/mol. The molecule has 0 spiro atoms. The van der Waals surface area contributed by atoms with Crippen LogP contribution in [0.2, 0.25) is 0 Å². The molecule has 0 aromatic rings. The Morgan fingerprint density at radius 1 is 1.50 bits per heavy atom. The quantitative estimate of drug-likeness (QED) is 0.539. The van der Waals surface area contributed by atoms with Gasteiger partial charge in [-0.3, -0.25) is 0 Å². The third-order valence-electron chi connectivity index (χ3n) is 3.29. The largest absolute Gasteiger partial charge is 0.396 e. The van der Waals surface area contributed by atoms with Gasteiger partial charge in [-0.2, -0.15) is 0 Å². The third kappa shape index (κ3) is 1.25. The number of hydrogen-bond acceptors (Lipinski definition) is 3. The molecule has 1 heterocycles. The van der Waals surface area contributed by atoms with Crippen molar-refractivity contribution in [2.75, 3.05) is 19.7 Å². The summed E-state index contributed by atoms with van der Waals surface area (Å²) in [7, 11) is 0. The van der Waals surface area contributed by atoms with Crippen LogP contribution in [0, 0.1) is 11.3 Å². The summed E-state index contributed by atoms with van der Waals surface area (Å²) in [5.41, 5.74) is -0.205. The SMILES string of the molecule is Cl.OCC12CCC(CNC1)C2O. The number of fused-ring (bicyclic) bond motifs is 2. The van der Waals surface area contributed by atoms with Gasteiger partial charge in [0.2, 0.25) is 0 Å². The Morgan fingerprint density at radius 3 is 2.83 bits per heavy atom. The highest BCUT2D eigenvalue weighted by molar-refractivity contribution is 5.85. The molecular weight excluding hydrogens is 178 g/mol. The van der Waals surface area contributed by atoms with Gasteiger partial charge in [-0.25, -0.2) is 0 Å². The van der Waals surface area contributed by atoms with Crippen molar-refractivity contribution >= 4 is 12.4 Å². The first-order chi connectivity index (χ1) is 5.28. The number of piperidine rings is 1. The van der Waals surface area contributed by atoms with E-state index in [1.807, 2.05) is 0 Å². The molecule has 0 amide bonds. The second kappa shape index (κ2) is 3.50. The van der Waals surface area contributed by atoms with Crippen molar-refractivity contribution in [2.45, 2.75) is 18.9 Å². The standard InChI is InChI=1S/C8H15NO2.ClH/c10-5-8-2-1-6(7(8)11)3-9-4-8;/h6-7,9-11H,1-5H2;1H. The summed E-state index contributed by atoms with van der Waals surface area (Å²) in [6.07, 6.45) is 1.77. The predicted octanol–water partition coefficient (Wildman–Crippen LogP) is -0.239. The Bertz CT molecular complexity index is 163. The third-order valence-corrected chi connectivity index (χ3v) is 3.29. The van der Waals surface area contributed by atoms with E-state index in [4.69, 9.17) is 5.11 Å². The summed E-state index contributed by atoms with van der Waals surface area (Å²) in [5, 5.41) is 22.1. The van der Waals surface area contributed by atoms with Crippen molar-refractivity contribution in [3.63, 3.8) is 0 Å². The molecule has 2 bridgehead atoms. The van der Waals surface area contributed by atoms with E-state index >= 15 is 0 Å². The number of aliphatic hydroxyl groups is 2. The van der Waals surface area contributed by atoms with E-state index in [1.165, 1.54) is 0 Å². The summed E-state index contributed by atoms with van der Waals surface area (Å²) in [4.78, 5) is 0. The maximum atomic E-state index is 9.76. The van der Waals surface area contributed by atoms with Crippen molar-refractivity contribution < 1.29 is 10.2 Å². The fourth-order valence-corrected chi connectivity index (χ4v) is 2.42. The van der Waals surface area contributed by atoms with Crippen molar-refractivity contribution in [2.24, 2.45) is 11.3 Å². The second-order valence-corrected chi connectivity index (χ2v) is 3.89. The highest BCUT2D eigenvalue weighted by Gasteiger charge is 2.49. The van der Waals surface area contributed by atoms with Crippen LogP contribution in [0.4, 0.5) is 0 Å². The highest BCUT2D eigenvalue weighted by atomic mass is 35.5. The molecule has 72 valence electrons. The Labute approximate surface area is 78.6 Å². The summed E-state index contributed by atoms with van der Waals surface area (Å²) in [6.45, 7) is 1.82. The Balaban J connectivity index is 0.000000720. The maximum Gasteiger partial charge on any atom is 0.0670 e. The fraction of sp³-hybridized carbons (Fsp3) is 1.00. The molecule has 1 saturated heterocycles. The first kappa shape index (κ1) is 10.3. The number of rotatable bonds is 1. The van der Waals surface area contributed by atoms with Gasteiger partial charge in [0.15, 0.2) is 0 Å². The van der Waals surface area contributed by atoms with Crippen LogP contribution in [0.15, 0.2) is 0 Å². The molecule has 1 aliphatic carbocycles. The Morgan fingerprint density at radius 2 is 2.25 bits per heavy atom.